The molecule has 0 aliphatic carbocycles. The van der Waals surface area contributed by atoms with Crippen LogP contribution in [0.2, 0.25) is 5.02 Å². The molecule has 1 aromatic carbocycles. The molecular formula is C21H19ClN4O. The third-order valence-corrected chi connectivity index (χ3v) is 4.90. The Hall–Kier alpha value is -2.73. The van der Waals surface area contributed by atoms with E-state index in [-0.39, 0.29) is 6.10 Å². The SMILES string of the molecule is COC(c1cnc(CN)c(-c2ccc(Cl)cc2)c1)c1c[nH]c2ncccc12. The molecule has 6 heteroatoms. The molecule has 0 saturated carbocycles. The van der Waals surface area contributed by atoms with Crippen LogP contribution in [0.15, 0.2) is 61.1 Å². The number of halogens is 1. The summed E-state index contributed by atoms with van der Waals surface area (Å²) < 4.78 is 5.83. The van der Waals surface area contributed by atoms with Gasteiger partial charge in [0.15, 0.2) is 0 Å². The number of hydrogen-bond donors (Lipinski definition) is 2. The van der Waals surface area contributed by atoms with Crippen LogP contribution in [0, 0.1) is 0 Å². The number of aromatic nitrogens is 3. The summed E-state index contributed by atoms with van der Waals surface area (Å²) in [5, 5.41) is 1.72. The maximum Gasteiger partial charge on any atom is 0.137 e. The van der Waals surface area contributed by atoms with Crippen molar-refractivity contribution in [3.05, 3.63) is 82.9 Å². The third-order valence-electron chi connectivity index (χ3n) is 4.64. The van der Waals surface area contributed by atoms with E-state index < -0.39 is 0 Å². The number of fused-ring (bicyclic) bond motifs is 1. The maximum absolute atomic E-state index is 6.03. The minimum Gasteiger partial charge on any atom is -0.372 e. The van der Waals surface area contributed by atoms with Crippen molar-refractivity contribution in [3.8, 4) is 11.1 Å². The fourth-order valence-electron chi connectivity index (χ4n) is 3.33. The first-order valence-corrected chi connectivity index (χ1v) is 8.98. The van der Waals surface area contributed by atoms with E-state index in [4.69, 9.17) is 22.1 Å². The number of aromatic amines is 1. The van der Waals surface area contributed by atoms with Crippen LogP contribution in [0.3, 0.4) is 0 Å². The number of nitrogens with two attached hydrogens (primary N) is 1. The van der Waals surface area contributed by atoms with Crippen LogP contribution in [-0.4, -0.2) is 22.1 Å². The molecule has 0 fully saturated rings. The number of ether oxygens (including phenoxy) is 1. The number of H-pyrrole nitrogens is 1. The largest absolute Gasteiger partial charge is 0.372 e. The number of benzene rings is 1. The summed E-state index contributed by atoms with van der Waals surface area (Å²) in [4.78, 5) is 12.1. The van der Waals surface area contributed by atoms with Gasteiger partial charge in [-0.1, -0.05) is 23.7 Å². The Morgan fingerprint density at radius 3 is 2.74 bits per heavy atom. The molecule has 5 nitrogen and oxygen atoms in total. The molecule has 4 aromatic rings. The molecule has 3 heterocycles. The van der Waals surface area contributed by atoms with E-state index in [2.05, 4.69) is 21.0 Å². The van der Waals surface area contributed by atoms with Crippen molar-refractivity contribution in [3.63, 3.8) is 0 Å². The van der Waals surface area contributed by atoms with Gasteiger partial charge >= 0.3 is 0 Å². The lowest BCUT2D eigenvalue weighted by atomic mass is 9.97. The normalized spacial score (nSPS) is 12.4. The molecule has 0 saturated heterocycles. The number of nitrogens with zero attached hydrogens (tertiary/aromatic N) is 2. The Morgan fingerprint density at radius 1 is 1.19 bits per heavy atom. The van der Waals surface area contributed by atoms with Gasteiger partial charge in [0.1, 0.15) is 11.8 Å². The zero-order valence-electron chi connectivity index (χ0n) is 14.8. The second kappa shape index (κ2) is 7.48. The highest BCUT2D eigenvalue weighted by atomic mass is 35.5. The molecule has 3 N–H and O–H groups in total. The number of nitrogens with one attached hydrogen (secondary N) is 1. The summed E-state index contributed by atoms with van der Waals surface area (Å²) >= 11 is 6.03. The summed E-state index contributed by atoms with van der Waals surface area (Å²) in [6.07, 6.45) is 5.25. The van der Waals surface area contributed by atoms with Gasteiger partial charge in [0.25, 0.3) is 0 Å². The van der Waals surface area contributed by atoms with E-state index in [1.165, 1.54) is 0 Å². The van der Waals surface area contributed by atoms with Crippen molar-refractivity contribution in [2.75, 3.05) is 7.11 Å². The first kappa shape index (κ1) is 17.7. The average molecular weight is 379 g/mol. The third kappa shape index (κ3) is 3.32. The van der Waals surface area contributed by atoms with Crippen LogP contribution in [0.25, 0.3) is 22.2 Å². The van der Waals surface area contributed by atoms with E-state index in [1.54, 1.807) is 13.3 Å². The van der Waals surface area contributed by atoms with Crippen LogP contribution in [0.4, 0.5) is 0 Å². The van der Waals surface area contributed by atoms with Crippen molar-refractivity contribution in [1.82, 2.24) is 15.0 Å². The smallest absolute Gasteiger partial charge is 0.137 e. The zero-order valence-corrected chi connectivity index (χ0v) is 15.6. The van der Waals surface area contributed by atoms with Gasteiger partial charge in [-0.15, -0.1) is 0 Å². The number of rotatable bonds is 5. The Kier molecular flexibility index (Phi) is 4.90. The van der Waals surface area contributed by atoms with Gasteiger partial charge < -0.3 is 15.5 Å². The molecule has 0 spiro atoms. The van der Waals surface area contributed by atoms with E-state index in [9.17, 15) is 0 Å². The quantitative estimate of drug-likeness (QED) is 0.537. The van der Waals surface area contributed by atoms with Gasteiger partial charge in [-0.2, -0.15) is 0 Å². The summed E-state index contributed by atoms with van der Waals surface area (Å²) in [5.74, 6) is 0. The fraction of sp³-hybridized carbons (Fsp3) is 0.143. The molecule has 0 amide bonds. The van der Waals surface area contributed by atoms with Crippen molar-refractivity contribution >= 4 is 22.6 Å². The number of methoxy groups -OCH3 is 1. The topological polar surface area (TPSA) is 76.8 Å². The summed E-state index contributed by atoms with van der Waals surface area (Å²) in [6, 6.07) is 13.7. The maximum atomic E-state index is 6.03. The Morgan fingerprint density at radius 2 is 2.00 bits per heavy atom. The van der Waals surface area contributed by atoms with Crippen LogP contribution >= 0.6 is 11.6 Å². The summed E-state index contributed by atoms with van der Waals surface area (Å²) in [6.45, 7) is 0.354. The highest BCUT2D eigenvalue weighted by molar-refractivity contribution is 6.30. The molecule has 1 atom stereocenters. The van der Waals surface area contributed by atoms with E-state index in [1.807, 2.05) is 48.8 Å². The summed E-state index contributed by atoms with van der Waals surface area (Å²) in [7, 11) is 1.69. The molecule has 0 aliphatic rings. The van der Waals surface area contributed by atoms with Crippen molar-refractivity contribution < 1.29 is 4.74 Å². The predicted molar refractivity (Wildman–Crippen MR) is 108 cm³/mol. The van der Waals surface area contributed by atoms with Gasteiger partial charge in [-0.05, 0) is 35.9 Å². The minimum absolute atomic E-state index is 0.270. The fourth-order valence-corrected chi connectivity index (χ4v) is 3.46. The first-order chi connectivity index (χ1) is 13.2. The molecule has 3 aromatic heterocycles. The lowest BCUT2D eigenvalue weighted by Gasteiger charge is -2.17. The van der Waals surface area contributed by atoms with Gasteiger partial charge in [0, 0.05) is 59.3 Å². The second-order valence-electron chi connectivity index (χ2n) is 6.23. The monoisotopic (exact) mass is 378 g/mol. The Bertz CT molecular complexity index is 1080. The van der Waals surface area contributed by atoms with E-state index >= 15 is 0 Å². The van der Waals surface area contributed by atoms with Gasteiger partial charge in [0.2, 0.25) is 0 Å². The van der Waals surface area contributed by atoms with Crippen LogP contribution in [0.5, 0.6) is 0 Å². The Labute approximate surface area is 162 Å². The molecule has 0 aliphatic heterocycles. The minimum atomic E-state index is -0.270. The molecule has 1 unspecified atom stereocenters. The second-order valence-corrected chi connectivity index (χ2v) is 6.67. The Balaban J connectivity index is 1.82. The van der Waals surface area contributed by atoms with Gasteiger partial charge in [-0.25, -0.2) is 4.98 Å². The molecule has 4 rings (SSSR count). The predicted octanol–water partition coefficient (Wildman–Crippen LogP) is 4.47. The first-order valence-electron chi connectivity index (χ1n) is 8.61. The van der Waals surface area contributed by atoms with Gasteiger partial charge in [-0.3, -0.25) is 4.98 Å². The summed E-state index contributed by atoms with van der Waals surface area (Å²) in [5.41, 5.74) is 11.5. The zero-order chi connectivity index (χ0) is 18.8. The van der Waals surface area contributed by atoms with Crippen LogP contribution in [-0.2, 0) is 11.3 Å². The highest BCUT2D eigenvalue weighted by Gasteiger charge is 2.20. The molecule has 136 valence electrons. The molecule has 27 heavy (non-hydrogen) atoms. The lowest BCUT2D eigenvalue weighted by Crippen LogP contribution is -2.08. The van der Waals surface area contributed by atoms with Crippen molar-refractivity contribution in [2.24, 2.45) is 5.73 Å². The lowest BCUT2D eigenvalue weighted by molar-refractivity contribution is 0.137. The van der Waals surface area contributed by atoms with Crippen molar-refractivity contribution in [2.45, 2.75) is 12.6 Å². The number of pyridine rings is 2. The highest BCUT2D eigenvalue weighted by Crippen LogP contribution is 2.33. The van der Waals surface area contributed by atoms with Crippen LogP contribution < -0.4 is 5.73 Å². The standard InChI is InChI=1S/C21H19ClN4O/c1-27-20(18-12-26-21-16(18)3-2-8-24-21)14-9-17(19(10-23)25-11-14)13-4-6-15(22)7-5-13/h2-9,11-12,20H,10,23H2,1H3,(H,24,26). The average Bonchev–Trinajstić information content (AvgIpc) is 3.13. The van der Waals surface area contributed by atoms with Crippen LogP contribution in [0.1, 0.15) is 22.9 Å². The van der Waals surface area contributed by atoms with Crippen molar-refractivity contribution in [1.29, 1.82) is 0 Å². The van der Waals surface area contributed by atoms with E-state index in [0.717, 1.165) is 39.0 Å². The molecule has 0 bridgehead atoms. The molecule has 0 radical (unpaired) electrons. The number of hydrogen-bond acceptors (Lipinski definition) is 4. The van der Waals surface area contributed by atoms with Gasteiger partial charge in [0.05, 0.1) is 5.69 Å². The molecular weight excluding hydrogens is 360 g/mol. The van der Waals surface area contributed by atoms with E-state index in [0.29, 0.717) is 11.6 Å².